The van der Waals surface area contributed by atoms with E-state index < -0.39 is 0 Å². The molecule has 1 atom stereocenters. The molecule has 2 aromatic rings. The molecule has 20 heavy (non-hydrogen) atoms. The Kier molecular flexibility index (Phi) is 3.18. The SMILES string of the molecule is Cn1ncc2c1CCCC2NC(=O)c1ccccc1N. The van der Waals surface area contributed by atoms with Gasteiger partial charge in [-0.2, -0.15) is 5.10 Å². The third-order valence-corrected chi connectivity index (χ3v) is 3.89. The second-order valence-electron chi connectivity index (χ2n) is 5.18. The number of aromatic nitrogens is 2. The number of benzene rings is 1. The Hall–Kier alpha value is -2.30. The second-order valence-corrected chi connectivity index (χ2v) is 5.18. The molecular weight excluding hydrogens is 252 g/mol. The fraction of sp³-hybridized carbons (Fsp3) is 0.333. The number of anilines is 1. The lowest BCUT2D eigenvalue weighted by atomic mass is 9.92. The summed E-state index contributed by atoms with van der Waals surface area (Å²) in [6.45, 7) is 0. The van der Waals surface area contributed by atoms with Crippen molar-refractivity contribution < 1.29 is 4.79 Å². The van der Waals surface area contributed by atoms with Gasteiger partial charge in [0.25, 0.3) is 5.91 Å². The average molecular weight is 270 g/mol. The van der Waals surface area contributed by atoms with Crippen LogP contribution in [0.3, 0.4) is 0 Å². The van der Waals surface area contributed by atoms with E-state index in [4.69, 9.17) is 5.73 Å². The van der Waals surface area contributed by atoms with Crippen molar-refractivity contribution in [1.82, 2.24) is 15.1 Å². The van der Waals surface area contributed by atoms with Gasteiger partial charge in [-0.15, -0.1) is 0 Å². The van der Waals surface area contributed by atoms with Gasteiger partial charge in [0.2, 0.25) is 0 Å². The Morgan fingerprint density at radius 3 is 3.05 bits per heavy atom. The quantitative estimate of drug-likeness (QED) is 0.817. The maximum absolute atomic E-state index is 12.3. The zero-order chi connectivity index (χ0) is 14.1. The summed E-state index contributed by atoms with van der Waals surface area (Å²) in [6, 6.07) is 7.16. The number of hydrogen-bond acceptors (Lipinski definition) is 3. The van der Waals surface area contributed by atoms with Crippen LogP contribution in [0.5, 0.6) is 0 Å². The third kappa shape index (κ3) is 2.15. The highest BCUT2D eigenvalue weighted by Gasteiger charge is 2.25. The molecule has 1 heterocycles. The van der Waals surface area contributed by atoms with Crippen LogP contribution in [0.4, 0.5) is 5.69 Å². The molecule has 0 radical (unpaired) electrons. The molecule has 3 rings (SSSR count). The third-order valence-electron chi connectivity index (χ3n) is 3.89. The number of fused-ring (bicyclic) bond motifs is 1. The highest BCUT2D eigenvalue weighted by molar-refractivity contribution is 5.99. The lowest BCUT2D eigenvalue weighted by molar-refractivity contribution is 0.0933. The van der Waals surface area contributed by atoms with Crippen LogP contribution in [-0.4, -0.2) is 15.7 Å². The van der Waals surface area contributed by atoms with E-state index in [1.807, 2.05) is 30.1 Å². The molecule has 0 fully saturated rings. The molecule has 1 aromatic heterocycles. The maximum atomic E-state index is 12.3. The standard InChI is InChI=1S/C15H18N4O/c1-19-14-8-4-7-13(11(14)9-17-19)18-15(20)10-5-2-3-6-12(10)16/h2-3,5-6,9,13H,4,7-8,16H2,1H3,(H,18,20). The Bertz CT molecular complexity index is 647. The van der Waals surface area contributed by atoms with E-state index in [1.54, 1.807) is 12.1 Å². The molecule has 0 bridgehead atoms. The van der Waals surface area contributed by atoms with Gasteiger partial charge in [-0.3, -0.25) is 9.48 Å². The molecule has 0 saturated heterocycles. The number of amides is 1. The number of rotatable bonds is 2. The van der Waals surface area contributed by atoms with Crippen molar-refractivity contribution in [3.05, 3.63) is 47.3 Å². The Morgan fingerprint density at radius 1 is 1.45 bits per heavy atom. The van der Waals surface area contributed by atoms with Gasteiger partial charge in [-0.1, -0.05) is 12.1 Å². The fourth-order valence-corrected chi connectivity index (χ4v) is 2.80. The van der Waals surface area contributed by atoms with Crippen LogP contribution in [0.1, 0.15) is 40.5 Å². The number of aryl methyl sites for hydroxylation is 1. The lowest BCUT2D eigenvalue weighted by Crippen LogP contribution is -2.31. The summed E-state index contributed by atoms with van der Waals surface area (Å²) >= 11 is 0. The number of nitrogen functional groups attached to an aromatic ring is 1. The highest BCUT2D eigenvalue weighted by Crippen LogP contribution is 2.29. The first kappa shape index (κ1) is 12.7. The Balaban J connectivity index is 1.83. The van der Waals surface area contributed by atoms with Crippen LogP contribution < -0.4 is 11.1 Å². The minimum absolute atomic E-state index is 0.0274. The van der Waals surface area contributed by atoms with Crippen molar-refractivity contribution in [3.8, 4) is 0 Å². The van der Waals surface area contributed by atoms with Crippen molar-refractivity contribution in [1.29, 1.82) is 0 Å². The van der Waals surface area contributed by atoms with E-state index in [1.165, 1.54) is 5.69 Å². The van der Waals surface area contributed by atoms with Gasteiger partial charge in [-0.25, -0.2) is 0 Å². The lowest BCUT2D eigenvalue weighted by Gasteiger charge is -2.24. The van der Waals surface area contributed by atoms with Crippen molar-refractivity contribution in [3.63, 3.8) is 0 Å². The Morgan fingerprint density at radius 2 is 2.25 bits per heavy atom. The maximum Gasteiger partial charge on any atom is 0.253 e. The minimum Gasteiger partial charge on any atom is -0.398 e. The second kappa shape index (κ2) is 5.00. The van der Waals surface area contributed by atoms with Gasteiger partial charge in [0.1, 0.15) is 0 Å². The molecular formula is C15H18N4O. The van der Waals surface area contributed by atoms with Crippen LogP contribution in [0.2, 0.25) is 0 Å². The van der Waals surface area contributed by atoms with Crippen LogP contribution in [0.15, 0.2) is 30.5 Å². The van der Waals surface area contributed by atoms with E-state index in [2.05, 4.69) is 10.4 Å². The highest BCUT2D eigenvalue weighted by atomic mass is 16.1. The predicted octanol–water partition coefficient (Wildman–Crippen LogP) is 1.81. The molecule has 1 aromatic carbocycles. The molecule has 0 aliphatic heterocycles. The Labute approximate surface area is 117 Å². The van der Waals surface area contributed by atoms with Gasteiger partial charge in [0.05, 0.1) is 17.8 Å². The molecule has 5 nitrogen and oxygen atoms in total. The summed E-state index contributed by atoms with van der Waals surface area (Å²) in [5, 5.41) is 7.36. The number of nitrogens with two attached hydrogens (primary N) is 1. The van der Waals surface area contributed by atoms with E-state index in [0.717, 1.165) is 24.8 Å². The molecule has 1 unspecified atom stereocenters. The normalized spacial score (nSPS) is 17.6. The molecule has 1 aliphatic rings. The molecule has 0 saturated carbocycles. The summed E-state index contributed by atoms with van der Waals surface area (Å²) in [7, 11) is 1.94. The zero-order valence-electron chi connectivity index (χ0n) is 11.5. The van der Waals surface area contributed by atoms with Crippen molar-refractivity contribution in [2.45, 2.75) is 25.3 Å². The summed E-state index contributed by atoms with van der Waals surface area (Å²) < 4.78 is 1.89. The number of nitrogens with zero attached hydrogens (tertiary/aromatic N) is 2. The molecule has 104 valence electrons. The number of para-hydroxylation sites is 1. The average Bonchev–Trinajstić information content (AvgIpc) is 2.82. The smallest absolute Gasteiger partial charge is 0.253 e. The zero-order valence-corrected chi connectivity index (χ0v) is 11.5. The van der Waals surface area contributed by atoms with Gasteiger partial charge >= 0.3 is 0 Å². The van der Waals surface area contributed by atoms with Crippen molar-refractivity contribution in [2.24, 2.45) is 7.05 Å². The molecule has 1 amide bonds. The molecule has 0 spiro atoms. The number of hydrogen-bond donors (Lipinski definition) is 2. The first-order chi connectivity index (χ1) is 9.66. The molecule has 5 heteroatoms. The van der Waals surface area contributed by atoms with E-state index in [9.17, 15) is 4.79 Å². The van der Waals surface area contributed by atoms with E-state index in [-0.39, 0.29) is 11.9 Å². The summed E-state index contributed by atoms with van der Waals surface area (Å²) in [4.78, 5) is 12.3. The van der Waals surface area contributed by atoms with Crippen LogP contribution in [-0.2, 0) is 13.5 Å². The first-order valence-electron chi connectivity index (χ1n) is 6.83. The van der Waals surface area contributed by atoms with Crippen molar-refractivity contribution >= 4 is 11.6 Å². The molecule has 1 aliphatic carbocycles. The number of nitrogens with one attached hydrogen (secondary N) is 1. The van der Waals surface area contributed by atoms with Gasteiger partial charge in [0, 0.05) is 24.0 Å². The van der Waals surface area contributed by atoms with Crippen LogP contribution in [0.25, 0.3) is 0 Å². The summed E-state index contributed by atoms with van der Waals surface area (Å²) in [5.74, 6) is -0.121. The first-order valence-corrected chi connectivity index (χ1v) is 6.83. The minimum atomic E-state index is -0.121. The number of carbonyl (C=O) groups is 1. The predicted molar refractivity (Wildman–Crippen MR) is 77.2 cm³/mol. The fourth-order valence-electron chi connectivity index (χ4n) is 2.80. The largest absolute Gasteiger partial charge is 0.398 e. The monoisotopic (exact) mass is 270 g/mol. The van der Waals surface area contributed by atoms with E-state index >= 15 is 0 Å². The number of carbonyl (C=O) groups excluding carboxylic acids is 1. The van der Waals surface area contributed by atoms with E-state index in [0.29, 0.717) is 11.3 Å². The summed E-state index contributed by atoms with van der Waals surface area (Å²) in [5.41, 5.74) is 9.22. The van der Waals surface area contributed by atoms with Crippen LogP contribution >= 0.6 is 0 Å². The van der Waals surface area contributed by atoms with Crippen molar-refractivity contribution in [2.75, 3.05) is 5.73 Å². The topological polar surface area (TPSA) is 72.9 Å². The van der Waals surface area contributed by atoms with Crippen LogP contribution in [0, 0.1) is 0 Å². The van der Waals surface area contributed by atoms with Gasteiger partial charge in [-0.05, 0) is 31.4 Å². The molecule has 3 N–H and O–H groups in total. The van der Waals surface area contributed by atoms with Gasteiger partial charge in [0.15, 0.2) is 0 Å². The summed E-state index contributed by atoms with van der Waals surface area (Å²) in [6.07, 6.45) is 4.87. The van der Waals surface area contributed by atoms with Gasteiger partial charge < -0.3 is 11.1 Å².